The maximum atomic E-state index is 14.0. The van der Waals surface area contributed by atoms with E-state index in [0.29, 0.717) is 22.3 Å². The highest BCUT2D eigenvalue weighted by Crippen LogP contribution is 2.39. The molecule has 0 bridgehead atoms. The van der Waals surface area contributed by atoms with E-state index in [4.69, 9.17) is 10.2 Å². The number of aryl methyl sites for hydroxylation is 1. The number of H-pyrrole nitrogens is 1. The van der Waals surface area contributed by atoms with Gasteiger partial charge in [0.15, 0.2) is 22.5 Å². The van der Waals surface area contributed by atoms with Gasteiger partial charge in [-0.25, -0.2) is 0 Å². The highest BCUT2D eigenvalue weighted by Gasteiger charge is 2.29. The van der Waals surface area contributed by atoms with E-state index in [-0.39, 0.29) is 18.7 Å². The number of nitrogens with two attached hydrogens (primary N) is 1. The minimum atomic E-state index is -0.587. The molecular formula is C27H25N5O3S. The van der Waals surface area contributed by atoms with Crippen molar-refractivity contribution in [3.05, 3.63) is 89.8 Å². The summed E-state index contributed by atoms with van der Waals surface area (Å²) < 4.78 is 7.31. The first-order chi connectivity index (χ1) is 17.6. The quantitative estimate of drug-likeness (QED) is 0.202. The molecule has 3 N–H and O–H groups in total. The molecule has 36 heavy (non-hydrogen) atoms. The van der Waals surface area contributed by atoms with Crippen LogP contribution in [0.3, 0.4) is 0 Å². The summed E-state index contributed by atoms with van der Waals surface area (Å²) in [5.74, 6) is 0.508. The van der Waals surface area contributed by atoms with Crippen LogP contribution in [0.15, 0.2) is 82.7 Å². The molecule has 1 unspecified atom stereocenters. The molecule has 3 aromatic heterocycles. The smallest absolute Gasteiger partial charge is 0.219 e. The minimum Gasteiger partial charge on any atom is -0.461 e. The lowest BCUT2D eigenvalue weighted by molar-refractivity contribution is -0.118. The Bertz CT molecular complexity index is 1510. The van der Waals surface area contributed by atoms with Gasteiger partial charge in [-0.05, 0) is 29.7 Å². The van der Waals surface area contributed by atoms with Crippen molar-refractivity contribution in [1.29, 1.82) is 0 Å². The topological polar surface area (TPSA) is 120 Å². The number of furan rings is 1. The van der Waals surface area contributed by atoms with Gasteiger partial charge in [0.25, 0.3) is 0 Å². The lowest BCUT2D eigenvalue weighted by Gasteiger charge is -2.16. The molecule has 0 aliphatic carbocycles. The SMILES string of the molecule is CCc1cccc2c(C(=O)C(Sc3nnc(-c4ccco4)n3CCC(N)=O)c3ccccc3)c[nH]c12. The standard InChI is InChI=1S/C27H25N5O3S/c1-2-17-10-6-11-19-20(16-29-23(17)19)24(34)25(18-8-4-3-5-9-18)36-27-31-30-26(21-12-7-15-35-21)32(27)14-13-22(28)33/h3-12,15-16,25,29H,2,13-14H2,1H3,(H2,28,33). The third kappa shape index (κ3) is 4.57. The third-order valence-electron chi connectivity index (χ3n) is 6.05. The van der Waals surface area contributed by atoms with Crippen LogP contribution in [0.2, 0.25) is 0 Å². The Kier molecular flexibility index (Phi) is 6.73. The van der Waals surface area contributed by atoms with E-state index in [1.165, 1.54) is 11.8 Å². The highest BCUT2D eigenvalue weighted by atomic mass is 32.2. The lowest BCUT2D eigenvalue weighted by atomic mass is 10.0. The molecule has 0 saturated heterocycles. The molecule has 8 nitrogen and oxygen atoms in total. The Hall–Kier alpha value is -4.11. The molecule has 1 amide bonds. The van der Waals surface area contributed by atoms with Crippen molar-refractivity contribution < 1.29 is 14.0 Å². The summed E-state index contributed by atoms with van der Waals surface area (Å²) in [6, 6.07) is 19.1. The number of fused-ring (bicyclic) bond motifs is 1. The summed E-state index contributed by atoms with van der Waals surface area (Å²) in [4.78, 5) is 28.9. The predicted octanol–water partition coefficient (Wildman–Crippen LogP) is 5.17. The zero-order valence-electron chi connectivity index (χ0n) is 19.7. The second kappa shape index (κ2) is 10.2. The molecule has 0 fully saturated rings. The zero-order valence-corrected chi connectivity index (χ0v) is 20.5. The van der Waals surface area contributed by atoms with Crippen LogP contribution in [-0.2, 0) is 17.8 Å². The number of benzene rings is 2. The Morgan fingerprint density at radius 2 is 1.92 bits per heavy atom. The summed E-state index contributed by atoms with van der Waals surface area (Å²) in [6.45, 7) is 2.36. The number of ketones is 1. The van der Waals surface area contributed by atoms with E-state index in [1.54, 1.807) is 29.2 Å². The van der Waals surface area contributed by atoms with Crippen LogP contribution in [0.25, 0.3) is 22.5 Å². The molecular weight excluding hydrogens is 474 g/mol. The van der Waals surface area contributed by atoms with Crippen molar-refractivity contribution in [1.82, 2.24) is 19.7 Å². The number of Topliss-reactive ketones (excluding diaryl/α,β-unsaturated/α-hetero) is 1. The number of aromatic nitrogens is 4. The minimum absolute atomic E-state index is 0.0466. The third-order valence-corrected chi connectivity index (χ3v) is 7.29. The number of carbonyl (C=O) groups is 2. The number of amides is 1. The Morgan fingerprint density at radius 1 is 1.08 bits per heavy atom. The van der Waals surface area contributed by atoms with Crippen molar-refractivity contribution in [3.8, 4) is 11.6 Å². The van der Waals surface area contributed by atoms with E-state index in [0.717, 1.165) is 28.5 Å². The van der Waals surface area contributed by atoms with Gasteiger partial charge in [-0.3, -0.25) is 14.2 Å². The van der Waals surface area contributed by atoms with Gasteiger partial charge in [0.2, 0.25) is 5.91 Å². The van der Waals surface area contributed by atoms with Crippen LogP contribution >= 0.6 is 11.8 Å². The van der Waals surface area contributed by atoms with E-state index in [1.807, 2.05) is 42.5 Å². The fraction of sp³-hybridized carbons (Fsp3) is 0.185. The Morgan fingerprint density at radius 3 is 2.64 bits per heavy atom. The number of hydrogen-bond donors (Lipinski definition) is 2. The van der Waals surface area contributed by atoms with Crippen molar-refractivity contribution >= 4 is 34.4 Å². The molecule has 0 saturated carbocycles. The van der Waals surface area contributed by atoms with Crippen LogP contribution in [0.1, 0.15) is 40.1 Å². The molecule has 1 atom stereocenters. The number of nitrogens with one attached hydrogen (secondary N) is 1. The van der Waals surface area contributed by atoms with Crippen LogP contribution < -0.4 is 5.73 Å². The van der Waals surface area contributed by atoms with Gasteiger partial charge in [0.05, 0.1) is 6.26 Å². The number of para-hydroxylation sites is 1. The van der Waals surface area contributed by atoms with E-state index in [9.17, 15) is 9.59 Å². The fourth-order valence-electron chi connectivity index (χ4n) is 4.25. The predicted molar refractivity (Wildman–Crippen MR) is 139 cm³/mol. The molecule has 0 aliphatic rings. The summed E-state index contributed by atoms with van der Waals surface area (Å²) in [6.07, 6.45) is 4.30. The Labute approximate surface area is 211 Å². The fourth-order valence-corrected chi connectivity index (χ4v) is 5.38. The summed E-state index contributed by atoms with van der Waals surface area (Å²) in [5.41, 5.74) is 9.03. The first-order valence-corrected chi connectivity index (χ1v) is 12.5. The average Bonchev–Trinajstić information content (AvgIpc) is 3.65. The van der Waals surface area contributed by atoms with E-state index < -0.39 is 11.2 Å². The summed E-state index contributed by atoms with van der Waals surface area (Å²) in [7, 11) is 0. The number of nitrogens with zero attached hydrogens (tertiary/aromatic N) is 3. The second-order valence-corrected chi connectivity index (χ2v) is 9.39. The van der Waals surface area contributed by atoms with Crippen molar-refractivity contribution in [2.75, 3.05) is 0 Å². The lowest BCUT2D eigenvalue weighted by Crippen LogP contribution is -2.16. The normalized spacial score (nSPS) is 12.1. The molecule has 0 radical (unpaired) electrons. The van der Waals surface area contributed by atoms with Gasteiger partial charge in [-0.15, -0.1) is 10.2 Å². The van der Waals surface area contributed by atoms with Crippen molar-refractivity contribution in [3.63, 3.8) is 0 Å². The summed E-state index contributed by atoms with van der Waals surface area (Å²) in [5, 5.41) is 9.49. The van der Waals surface area contributed by atoms with Gasteiger partial charge >= 0.3 is 0 Å². The molecule has 182 valence electrons. The molecule has 0 aliphatic heterocycles. The number of primary amides is 1. The first-order valence-electron chi connectivity index (χ1n) is 11.7. The van der Waals surface area contributed by atoms with Crippen LogP contribution in [0.5, 0.6) is 0 Å². The molecule has 9 heteroatoms. The Balaban J connectivity index is 1.57. The van der Waals surface area contributed by atoms with E-state index in [2.05, 4.69) is 28.2 Å². The van der Waals surface area contributed by atoms with Crippen molar-refractivity contribution in [2.24, 2.45) is 5.73 Å². The zero-order chi connectivity index (χ0) is 25.1. The van der Waals surface area contributed by atoms with Gasteiger partial charge in [0.1, 0.15) is 5.25 Å². The first kappa shape index (κ1) is 23.6. The molecule has 5 rings (SSSR count). The van der Waals surface area contributed by atoms with Gasteiger partial charge in [0, 0.05) is 35.6 Å². The molecule has 0 spiro atoms. The van der Waals surface area contributed by atoms with Gasteiger partial charge < -0.3 is 15.1 Å². The van der Waals surface area contributed by atoms with Crippen molar-refractivity contribution in [2.45, 2.75) is 36.7 Å². The molecule has 3 heterocycles. The largest absolute Gasteiger partial charge is 0.461 e. The highest BCUT2D eigenvalue weighted by molar-refractivity contribution is 8.00. The maximum absolute atomic E-state index is 14.0. The number of carbonyl (C=O) groups excluding carboxylic acids is 2. The second-order valence-electron chi connectivity index (χ2n) is 8.32. The van der Waals surface area contributed by atoms with Crippen LogP contribution in [0.4, 0.5) is 0 Å². The number of aromatic amines is 1. The number of thioether (sulfide) groups is 1. The molecule has 2 aromatic carbocycles. The van der Waals surface area contributed by atoms with Gasteiger partial charge in [-0.2, -0.15) is 0 Å². The van der Waals surface area contributed by atoms with Crippen LogP contribution in [0, 0.1) is 0 Å². The van der Waals surface area contributed by atoms with Crippen LogP contribution in [-0.4, -0.2) is 31.4 Å². The van der Waals surface area contributed by atoms with Gasteiger partial charge in [-0.1, -0.05) is 67.2 Å². The van der Waals surface area contributed by atoms with E-state index >= 15 is 0 Å². The maximum Gasteiger partial charge on any atom is 0.219 e. The number of rotatable bonds is 10. The summed E-state index contributed by atoms with van der Waals surface area (Å²) >= 11 is 1.30. The number of hydrogen-bond acceptors (Lipinski definition) is 6. The molecule has 5 aromatic rings. The average molecular weight is 500 g/mol. The monoisotopic (exact) mass is 499 g/mol.